The standard InChI is InChI=1S/C18H19BrN4O2S/c1-12-4-3-5-13(6-12)10-25-17-8-15(19)14(7-16(17)24-2)9-21-23-11-20-22-18(23)26/h3-8,11,21H,9-10H2,1-2H3,(H,22,26). The Morgan fingerprint density at radius 2 is 2.12 bits per heavy atom. The summed E-state index contributed by atoms with van der Waals surface area (Å²) in [4.78, 5) is 0. The van der Waals surface area contributed by atoms with Crippen molar-refractivity contribution in [1.29, 1.82) is 0 Å². The van der Waals surface area contributed by atoms with E-state index in [9.17, 15) is 0 Å². The van der Waals surface area contributed by atoms with Crippen molar-refractivity contribution < 1.29 is 9.47 Å². The predicted octanol–water partition coefficient (Wildman–Crippen LogP) is 4.34. The molecule has 0 fully saturated rings. The van der Waals surface area contributed by atoms with E-state index in [1.54, 1.807) is 18.1 Å². The Kier molecular flexibility index (Phi) is 5.95. The molecule has 1 heterocycles. The Morgan fingerprint density at radius 3 is 2.81 bits per heavy atom. The zero-order valence-electron chi connectivity index (χ0n) is 14.5. The minimum atomic E-state index is 0.478. The van der Waals surface area contributed by atoms with E-state index in [2.05, 4.69) is 50.6 Å². The van der Waals surface area contributed by atoms with Gasteiger partial charge in [0.05, 0.1) is 13.7 Å². The lowest BCUT2D eigenvalue weighted by Crippen LogP contribution is -2.14. The van der Waals surface area contributed by atoms with Crippen LogP contribution in [0.2, 0.25) is 0 Å². The second kappa shape index (κ2) is 8.37. The van der Waals surface area contributed by atoms with Crippen molar-refractivity contribution in [3.63, 3.8) is 0 Å². The second-order valence-electron chi connectivity index (χ2n) is 5.74. The summed E-state index contributed by atoms with van der Waals surface area (Å²) in [5.41, 5.74) is 6.51. The van der Waals surface area contributed by atoms with Gasteiger partial charge in [-0.3, -0.25) is 5.10 Å². The number of methoxy groups -OCH3 is 1. The molecule has 0 atom stereocenters. The molecule has 0 saturated heterocycles. The van der Waals surface area contributed by atoms with Crippen LogP contribution in [0.1, 0.15) is 16.7 Å². The normalized spacial score (nSPS) is 10.6. The van der Waals surface area contributed by atoms with Gasteiger partial charge in [-0.2, -0.15) is 5.10 Å². The molecule has 2 N–H and O–H groups in total. The fourth-order valence-electron chi connectivity index (χ4n) is 2.48. The minimum absolute atomic E-state index is 0.478. The average molecular weight is 435 g/mol. The number of nitrogens with one attached hydrogen (secondary N) is 2. The maximum absolute atomic E-state index is 5.96. The Bertz CT molecular complexity index is 954. The van der Waals surface area contributed by atoms with Crippen LogP contribution in [0.3, 0.4) is 0 Å². The van der Waals surface area contributed by atoms with Crippen LogP contribution < -0.4 is 14.9 Å². The van der Waals surface area contributed by atoms with E-state index in [0.717, 1.165) is 15.6 Å². The van der Waals surface area contributed by atoms with Crippen LogP contribution in [0.15, 0.2) is 47.2 Å². The number of rotatable bonds is 7. The fraction of sp³-hybridized carbons (Fsp3) is 0.222. The van der Waals surface area contributed by atoms with Crippen LogP contribution in [0.4, 0.5) is 0 Å². The summed E-state index contributed by atoms with van der Waals surface area (Å²) in [5.74, 6) is 1.36. The molecule has 0 amide bonds. The molecule has 136 valence electrons. The van der Waals surface area contributed by atoms with Crippen molar-refractivity contribution in [1.82, 2.24) is 14.9 Å². The van der Waals surface area contributed by atoms with Crippen LogP contribution in [-0.4, -0.2) is 22.0 Å². The van der Waals surface area contributed by atoms with Gasteiger partial charge in [-0.05, 0) is 42.4 Å². The van der Waals surface area contributed by atoms with E-state index in [4.69, 9.17) is 21.7 Å². The van der Waals surface area contributed by atoms with E-state index in [0.29, 0.717) is 29.4 Å². The van der Waals surface area contributed by atoms with Crippen molar-refractivity contribution in [2.45, 2.75) is 20.1 Å². The number of nitrogens with zero attached hydrogens (tertiary/aromatic N) is 2. The first-order valence-electron chi connectivity index (χ1n) is 7.97. The summed E-state index contributed by atoms with van der Waals surface area (Å²) in [6.45, 7) is 3.09. The number of H-pyrrole nitrogens is 1. The highest BCUT2D eigenvalue weighted by atomic mass is 79.9. The molecule has 0 saturated carbocycles. The average Bonchev–Trinajstić information content (AvgIpc) is 3.04. The third-order valence-electron chi connectivity index (χ3n) is 3.80. The van der Waals surface area contributed by atoms with E-state index >= 15 is 0 Å². The van der Waals surface area contributed by atoms with Gasteiger partial charge < -0.3 is 14.9 Å². The zero-order chi connectivity index (χ0) is 18.5. The molecule has 0 aliphatic rings. The van der Waals surface area contributed by atoms with Crippen molar-refractivity contribution >= 4 is 28.1 Å². The SMILES string of the molecule is COc1cc(CNn2cn[nH]c2=S)c(Br)cc1OCc1cccc(C)c1. The van der Waals surface area contributed by atoms with Gasteiger partial charge in [0.15, 0.2) is 11.5 Å². The van der Waals surface area contributed by atoms with Gasteiger partial charge in [-0.25, -0.2) is 4.68 Å². The molecule has 6 nitrogen and oxygen atoms in total. The first-order valence-corrected chi connectivity index (χ1v) is 9.17. The molecule has 0 aliphatic carbocycles. The lowest BCUT2D eigenvalue weighted by molar-refractivity contribution is 0.284. The maximum Gasteiger partial charge on any atom is 0.214 e. The number of ether oxygens (including phenoxy) is 2. The van der Waals surface area contributed by atoms with Gasteiger partial charge in [0, 0.05) is 4.47 Å². The summed E-state index contributed by atoms with van der Waals surface area (Å²) >= 11 is 8.72. The number of aryl methyl sites for hydroxylation is 1. The summed E-state index contributed by atoms with van der Waals surface area (Å²) in [6.07, 6.45) is 1.59. The predicted molar refractivity (Wildman–Crippen MR) is 107 cm³/mol. The molecular weight excluding hydrogens is 416 g/mol. The van der Waals surface area contributed by atoms with E-state index in [1.165, 1.54) is 5.56 Å². The van der Waals surface area contributed by atoms with Crippen LogP contribution in [0.5, 0.6) is 11.5 Å². The largest absolute Gasteiger partial charge is 0.493 e. The molecule has 8 heteroatoms. The maximum atomic E-state index is 5.96. The monoisotopic (exact) mass is 434 g/mol. The number of aromatic amines is 1. The molecule has 2 aromatic carbocycles. The van der Waals surface area contributed by atoms with Gasteiger partial charge in [0.2, 0.25) is 4.77 Å². The number of aromatic nitrogens is 3. The summed E-state index contributed by atoms with van der Waals surface area (Å²) in [6, 6.07) is 12.1. The lowest BCUT2D eigenvalue weighted by Gasteiger charge is -2.15. The Hall–Kier alpha value is -2.32. The number of halogens is 1. The van der Waals surface area contributed by atoms with Gasteiger partial charge in [0.25, 0.3) is 0 Å². The molecular formula is C18H19BrN4O2S. The second-order valence-corrected chi connectivity index (χ2v) is 6.98. The first-order chi connectivity index (χ1) is 12.6. The molecule has 26 heavy (non-hydrogen) atoms. The summed E-state index contributed by atoms with van der Waals surface area (Å²) in [7, 11) is 1.63. The Balaban J connectivity index is 1.74. The van der Waals surface area contributed by atoms with Gasteiger partial charge in [0.1, 0.15) is 12.9 Å². The van der Waals surface area contributed by atoms with E-state index in [1.807, 2.05) is 24.3 Å². The summed E-state index contributed by atoms with van der Waals surface area (Å²) < 4.78 is 14.5. The minimum Gasteiger partial charge on any atom is -0.493 e. The van der Waals surface area contributed by atoms with Crippen LogP contribution in [0, 0.1) is 11.7 Å². The molecule has 0 radical (unpaired) electrons. The highest BCUT2D eigenvalue weighted by molar-refractivity contribution is 9.10. The third kappa shape index (κ3) is 4.44. The van der Waals surface area contributed by atoms with Crippen LogP contribution in [0.25, 0.3) is 0 Å². The van der Waals surface area contributed by atoms with Crippen molar-refractivity contribution in [3.8, 4) is 11.5 Å². The molecule has 0 aliphatic heterocycles. The first kappa shape index (κ1) is 18.5. The molecule has 3 rings (SSSR count). The quantitative estimate of drug-likeness (QED) is 0.541. The van der Waals surface area contributed by atoms with E-state index < -0.39 is 0 Å². The molecule has 0 spiro atoms. The molecule has 1 aromatic heterocycles. The van der Waals surface area contributed by atoms with Gasteiger partial charge in [-0.1, -0.05) is 45.8 Å². The van der Waals surface area contributed by atoms with E-state index in [-0.39, 0.29) is 0 Å². The zero-order valence-corrected chi connectivity index (χ0v) is 16.9. The highest BCUT2D eigenvalue weighted by Gasteiger charge is 2.11. The number of benzene rings is 2. The lowest BCUT2D eigenvalue weighted by atomic mass is 10.1. The fourth-order valence-corrected chi connectivity index (χ4v) is 3.11. The van der Waals surface area contributed by atoms with Gasteiger partial charge >= 0.3 is 0 Å². The van der Waals surface area contributed by atoms with Gasteiger partial charge in [-0.15, -0.1) is 0 Å². The molecule has 0 unspecified atom stereocenters. The number of hydrogen-bond acceptors (Lipinski definition) is 5. The van der Waals surface area contributed by atoms with Crippen molar-refractivity contribution in [2.75, 3.05) is 12.5 Å². The summed E-state index contributed by atoms with van der Waals surface area (Å²) in [5, 5.41) is 6.57. The molecule has 3 aromatic rings. The topological polar surface area (TPSA) is 64.1 Å². The Labute approximate surface area is 165 Å². The molecule has 0 bridgehead atoms. The van der Waals surface area contributed by atoms with Crippen molar-refractivity contribution in [3.05, 3.63) is 68.7 Å². The smallest absolute Gasteiger partial charge is 0.214 e. The highest BCUT2D eigenvalue weighted by Crippen LogP contribution is 2.34. The number of hydrogen-bond donors (Lipinski definition) is 2. The van der Waals surface area contributed by atoms with Crippen LogP contribution in [-0.2, 0) is 13.2 Å². The van der Waals surface area contributed by atoms with Crippen LogP contribution >= 0.6 is 28.1 Å². The van der Waals surface area contributed by atoms with Crippen molar-refractivity contribution in [2.24, 2.45) is 0 Å². The third-order valence-corrected chi connectivity index (χ3v) is 4.83. The Morgan fingerprint density at radius 1 is 1.27 bits per heavy atom.